The molecule has 2 aromatic carbocycles. The molecule has 1 aromatic heterocycles. The monoisotopic (exact) mass is 635 g/mol. The molecule has 0 radical (unpaired) electrons. The van der Waals surface area contributed by atoms with Crippen molar-refractivity contribution in [2.24, 2.45) is 5.92 Å². The van der Waals surface area contributed by atoms with Crippen LogP contribution in [-0.4, -0.2) is 53.7 Å². The molecule has 0 spiro atoms. The van der Waals surface area contributed by atoms with Crippen molar-refractivity contribution in [2.45, 2.75) is 54.4 Å². The summed E-state index contributed by atoms with van der Waals surface area (Å²) >= 11 is 13.3. The zero-order valence-corrected chi connectivity index (χ0v) is 24.8. The molecule has 13 heteroatoms. The number of sulfonamides is 1. The van der Waals surface area contributed by atoms with Crippen LogP contribution in [0.25, 0.3) is 0 Å². The first-order chi connectivity index (χ1) is 19.6. The van der Waals surface area contributed by atoms with Crippen LogP contribution in [0.2, 0.25) is 10.0 Å². The van der Waals surface area contributed by atoms with Crippen LogP contribution in [0.15, 0.2) is 64.2 Å². The third kappa shape index (κ3) is 6.14. The largest absolute Gasteiger partial charge is 0.480 e. The van der Waals surface area contributed by atoms with Gasteiger partial charge in [0.15, 0.2) is 0 Å². The van der Waals surface area contributed by atoms with Crippen molar-refractivity contribution in [3.05, 3.63) is 81.1 Å². The number of nitrogens with zero attached hydrogens (tertiary/aromatic N) is 1. The molecule has 2 atom stereocenters. The van der Waals surface area contributed by atoms with Gasteiger partial charge in [0.05, 0.1) is 15.6 Å². The van der Waals surface area contributed by atoms with Gasteiger partial charge in [-0.3, -0.25) is 9.59 Å². The quantitative estimate of drug-likeness (QED) is 0.301. The highest BCUT2D eigenvalue weighted by Crippen LogP contribution is 2.43. The summed E-state index contributed by atoms with van der Waals surface area (Å²) in [6.45, 7) is 0. The van der Waals surface area contributed by atoms with E-state index in [0.29, 0.717) is 36.9 Å². The van der Waals surface area contributed by atoms with E-state index in [-0.39, 0.29) is 38.2 Å². The van der Waals surface area contributed by atoms with E-state index >= 15 is 0 Å². The average molecular weight is 637 g/mol. The van der Waals surface area contributed by atoms with Gasteiger partial charge in [0, 0.05) is 18.2 Å². The van der Waals surface area contributed by atoms with E-state index in [1.165, 1.54) is 10.4 Å². The molecule has 3 aromatic rings. The number of aliphatic carboxylic acids is 1. The number of halogens is 2. The van der Waals surface area contributed by atoms with Crippen molar-refractivity contribution >= 4 is 68.0 Å². The number of amides is 2. The van der Waals surface area contributed by atoms with Crippen LogP contribution in [0, 0.1) is 5.92 Å². The summed E-state index contributed by atoms with van der Waals surface area (Å²) in [5, 5.41) is 17.3. The smallest absolute Gasteiger partial charge is 0.326 e. The van der Waals surface area contributed by atoms with Crippen molar-refractivity contribution < 1.29 is 27.9 Å². The molecule has 2 saturated heterocycles. The number of hydrogen-bond donors (Lipinski definition) is 3. The Bertz CT molecular complexity index is 1540. The van der Waals surface area contributed by atoms with Crippen LogP contribution >= 0.6 is 34.5 Å². The third-order valence-electron chi connectivity index (χ3n) is 7.57. The van der Waals surface area contributed by atoms with Crippen LogP contribution < -0.4 is 10.6 Å². The standard InChI is InChI=1S/C28H27Cl2N3O6S2/c29-20-3-1-4-21(30)24(20)26(34)31-18-10-6-16(7-11-18)15-22(28(36)37)32-27(35)25-17-8-12-19(13-9-17)33(25)41(38,39)23-5-2-14-40-23/h1-7,10-11,14,17,19,22,25H,8-9,12-13,15H2,(H,31,34)(H,32,35)(H,36,37). The van der Waals surface area contributed by atoms with Gasteiger partial charge in [-0.15, -0.1) is 11.3 Å². The van der Waals surface area contributed by atoms with Crippen molar-refractivity contribution in [3.63, 3.8) is 0 Å². The zero-order valence-electron chi connectivity index (χ0n) is 21.6. The number of carbonyl (C=O) groups excluding carboxylic acids is 2. The summed E-state index contributed by atoms with van der Waals surface area (Å²) in [5.74, 6) is -2.52. The second-order valence-electron chi connectivity index (χ2n) is 10.1. The Kier molecular flexibility index (Phi) is 8.72. The molecule has 2 amide bonds. The molecule has 1 aliphatic carbocycles. The minimum absolute atomic E-state index is 0.0376. The topological polar surface area (TPSA) is 133 Å². The van der Waals surface area contributed by atoms with E-state index in [1.54, 1.807) is 53.9 Å². The van der Waals surface area contributed by atoms with Gasteiger partial charge in [0.2, 0.25) is 5.91 Å². The third-order valence-corrected chi connectivity index (χ3v) is 11.5. The normalized spacial score (nSPS) is 21.3. The van der Waals surface area contributed by atoms with Crippen molar-refractivity contribution in [1.29, 1.82) is 0 Å². The number of carboxylic acids is 1. The molecular weight excluding hydrogens is 609 g/mol. The summed E-state index contributed by atoms with van der Waals surface area (Å²) < 4.78 is 28.5. The fraction of sp³-hybridized carbons (Fsp3) is 0.321. The predicted octanol–water partition coefficient (Wildman–Crippen LogP) is 5.05. The molecule has 3 aliphatic rings. The van der Waals surface area contributed by atoms with Crippen LogP contribution in [-0.2, 0) is 26.0 Å². The Morgan fingerprint density at radius 2 is 1.63 bits per heavy atom. The molecule has 1 saturated carbocycles. The first-order valence-electron chi connectivity index (χ1n) is 13.0. The molecular formula is C28H27Cl2N3O6S2. The number of rotatable bonds is 9. The molecule has 3 N–H and O–H groups in total. The molecule has 2 bridgehead atoms. The van der Waals surface area contributed by atoms with E-state index in [2.05, 4.69) is 10.6 Å². The van der Waals surface area contributed by atoms with Gasteiger partial charge in [0.1, 0.15) is 16.3 Å². The fourth-order valence-corrected chi connectivity index (χ4v) is 9.18. The Labute approximate surface area is 251 Å². The maximum Gasteiger partial charge on any atom is 0.326 e. The highest BCUT2D eigenvalue weighted by atomic mass is 35.5. The Hall–Kier alpha value is -2.96. The van der Waals surface area contributed by atoms with E-state index in [4.69, 9.17) is 23.2 Å². The molecule has 3 fully saturated rings. The first-order valence-corrected chi connectivity index (χ1v) is 16.1. The number of piperidine rings is 2. The van der Waals surface area contributed by atoms with Gasteiger partial charge in [-0.25, -0.2) is 13.2 Å². The maximum absolute atomic E-state index is 13.5. The molecule has 6 rings (SSSR count). The minimum Gasteiger partial charge on any atom is -0.480 e. The molecule has 9 nitrogen and oxygen atoms in total. The number of fused-ring (bicyclic) bond motifs is 3. The molecule has 2 aliphatic heterocycles. The molecule has 2 unspecified atom stereocenters. The minimum atomic E-state index is -3.91. The van der Waals surface area contributed by atoms with Crippen molar-refractivity contribution in [2.75, 3.05) is 5.32 Å². The van der Waals surface area contributed by atoms with E-state index in [0.717, 1.165) is 11.3 Å². The molecule has 216 valence electrons. The number of hydrogen-bond acceptors (Lipinski definition) is 6. The lowest BCUT2D eigenvalue weighted by molar-refractivity contribution is -0.143. The van der Waals surface area contributed by atoms with Gasteiger partial charge in [-0.1, -0.05) is 47.5 Å². The summed E-state index contributed by atoms with van der Waals surface area (Å²) in [6.07, 6.45) is 2.73. The number of thiophene rings is 1. The number of carboxylic acid groups (broad SMARTS) is 1. The summed E-state index contributed by atoms with van der Waals surface area (Å²) in [5.41, 5.74) is 1.18. The maximum atomic E-state index is 13.5. The predicted molar refractivity (Wildman–Crippen MR) is 157 cm³/mol. The van der Waals surface area contributed by atoms with Gasteiger partial charge >= 0.3 is 5.97 Å². The van der Waals surface area contributed by atoms with Crippen LogP contribution in [0.3, 0.4) is 0 Å². The van der Waals surface area contributed by atoms with Crippen LogP contribution in [0.4, 0.5) is 5.69 Å². The lowest BCUT2D eigenvalue weighted by Crippen LogP contribution is -2.63. The number of benzene rings is 2. The Morgan fingerprint density at radius 1 is 0.976 bits per heavy atom. The van der Waals surface area contributed by atoms with Gasteiger partial charge in [-0.05, 0) is 72.9 Å². The summed E-state index contributed by atoms with van der Waals surface area (Å²) in [4.78, 5) is 38.3. The second kappa shape index (κ2) is 12.1. The summed E-state index contributed by atoms with van der Waals surface area (Å²) in [7, 11) is -3.91. The van der Waals surface area contributed by atoms with Gasteiger partial charge in [-0.2, -0.15) is 4.31 Å². The van der Waals surface area contributed by atoms with Crippen molar-refractivity contribution in [3.8, 4) is 0 Å². The first kappa shape index (κ1) is 29.5. The number of carbonyl (C=O) groups is 3. The highest BCUT2D eigenvalue weighted by Gasteiger charge is 2.51. The molecule has 3 heterocycles. The van der Waals surface area contributed by atoms with E-state index in [9.17, 15) is 27.9 Å². The average Bonchev–Trinajstić information content (AvgIpc) is 3.50. The number of nitrogens with one attached hydrogen (secondary N) is 2. The SMILES string of the molecule is O=C(Nc1ccc(CC(NC(=O)C2C3CCC(CC3)N2S(=O)(=O)c2cccs2)C(=O)O)cc1)c1c(Cl)cccc1Cl. The van der Waals surface area contributed by atoms with E-state index < -0.39 is 39.9 Å². The summed E-state index contributed by atoms with van der Waals surface area (Å²) in [6, 6.07) is 11.9. The lowest BCUT2D eigenvalue weighted by atomic mass is 9.76. The molecule has 41 heavy (non-hydrogen) atoms. The van der Waals surface area contributed by atoms with Crippen LogP contribution in [0.5, 0.6) is 0 Å². The van der Waals surface area contributed by atoms with Crippen molar-refractivity contribution in [1.82, 2.24) is 9.62 Å². The van der Waals surface area contributed by atoms with Crippen LogP contribution in [0.1, 0.15) is 41.6 Å². The zero-order chi connectivity index (χ0) is 29.3. The highest BCUT2D eigenvalue weighted by molar-refractivity contribution is 7.91. The van der Waals surface area contributed by atoms with Gasteiger partial charge < -0.3 is 15.7 Å². The number of anilines is 1. The van der Waals surface area contributed by atoms with Gasteiger partial charge in [0.25, 0.3) is 15.9 Å². The Balaban J connectivity index is 1.29. The fourth-order valence-electron chi connectivity index (χ4n) is 5.62. The van der Waals surface area contributed by atoms with E-state index in [1.807, 2.05) is 0 Å². The second-order valence-corrected chi connectivity index (χ2v) is 14.0. The Morgan fingerprint density at radius 3 is 2.22 bits per heavy atom. The lowest BCUT2D eigenvalue weighted by Gasteiger charge is -2.49.